The smallest absolute Gasteiger partial charge is 0.342 e. The van der Waals surface area contributed by atoms with Gasteiger partial charge in [0.05, 0.1) is 23.5 Å². The Bertz CT molecular complexity index is 1560. The predicted molar refractivity (Wildman–Crippen MR) is 133 cm³/mol. The van der Waals surface area contributed by atoms with Crippen LogP contribution in [0.25, 0.3) is 5.65 Å². The van der Waals surface area contributed by atoms with Crippen molar-refractivity contribution < 1.29 is 31.5 Å². The quantitative estimate of drug-likeness (QED) is 0.456. The topological polar surface area (TPSA) is 94.9 Å². The Labute approximate surface area is 229 Å². The maximum atomic E-state index is 15.1. The number of benzene rings is 1. The number of hydrazine groups is 1. The first-order chi connectivity index (χ1) is 18.6. The molecule has 15 heteroatoms. The Kier molecular flexibility index (Phi) is 5.51. The number of fused-ring (bicyclic) bond motifs is 3. The summed E-state index contributed by atoms with van der Waals surface area (Å²) in [5.41, 5.74) is -1.32. The van der Waals surface area contributed by atoms with Crippen LogP contribution in [-0.4, -0.2) is 69.7 Å². The van der Waals surface area contributed by atoms with E-state index in [1.807, 2.05) is 0 Å². The second-order valence-electron chi connectivity index (χ2n) is 10.9. The van der Waals surface area contributed by atoms with Crippen molar-refractivity contribution in [2.45, 2.75) is 43.3 Å². The Balaban J connectivity index is 1.30. The minimum atomic E-state index is -4.65. The fourth-order valence-electron chi connectivity index (χ4n) is 5.83. The summed E-state index contributed by atoms with van der Waals surface area (Å²) in [7, 11) is 1.58. The largest absolute Gasteiger partial charge is 0.401 e. The standard InChI is InChI=1S/C25H23ClF5N7O2/c1-22(25(29,30)31)11-37(15-9-32-17-8-16(26)34-38(17)19(15)22)13-6-4-12(5-7-13)18-23(2,24(18,27)28)21(40)33-14-10-36(3)35-20(14)39/h4-9,14,18H,10-11H2,1-3H3,(H,33,40)(H,35,39)/t14?,18-,22-,23+/m1/s1. The Morgan fingerprint density at radius 2 is 1.88 bits per heavy atom. The highest BCUT2D eigenvalue weighted by atomic mass is 35.5. The Morgan fingerprint density at radius 1 is 1.20 bits per heavy atom. The van der Waals surface area contributed by atoms with Crippen LogP contribution in [0.1, 0.15) is 31.0 Å². The van der Waals surface area contributed by atoms with E-state index in [1.165, 1.54) is 46.4 Å². The molecule has 1 saturated heterocycles. The van der Waals surface area contributed by atoms with Gasteiger partial charge in [0.15, 0.2) is 10.8 Å². The van der Waals surface area contributed by atoms with Crippen molar-refractivity contribution in [1.82, 2.24) is 30.3 Å². The lowest BCUT2D eigenvalue weighted by Gasteiger charge is -2.28. The number of amides is 2. The second kappa shape index (κ2) is 8.26. The minimum absolute atomic E-state index is 0.00810. The van der Waals surface area contributed by atoms with Gasteiger partial charge in [0.25, 0.3) is 11.8 Å². The first-order valence-corrected chi connectivity index (χ1v) is 12.7. The van der Waals surface area contributed by atoms with E-state index in [4.69, 9.17) is 11.6 Å². The van der Waals surface area contributed by atoms with Gasteiger partial charge < -0.3 is 10.2 Å². The molecule has 3 aromatic rings. The number of halogens is 6. The second-order valence-corrected chi connectivity index (χ2v) is 11.3. The number of carbonyl (C=O) groups excluding carboxylic acids is 2. The van der Waals surface area contributed by atoms with Gasteiger partial charge in [0.2, 0.25) is 5.91 Å². The molecule has 0 bridgehead atoms. The number of likely N-dealkylation sites (N-methyl/N-ethyl adjacent to an activating group) is 1. The molecule has 1 unspecified atom stereocenters. The Morgan fingerprint density at radius 3 is 2.48 bits per heavy atom. The molecule has 4 atom stereocenters. The lowest BCUT2D eigenvalue weighted by atomic mass is 9.87. The number of aromatic nitrogens is 3. The van der Waals surface area contributed by atoms with Crippen LogP contribution in [0.2, 0.25) is 5.15 Å². The molecule has 2 aliphatic heterocycles. The molecular formula is C25H23ClF5N7O2. The van der Waals surface area contributed by atoms with Crippen LogP contribution in [0.3, 0.4) is 0 Å². The molecule has 2 amide bonds. The van der Waals surface area contributed by atoms with Crippen LogP contribution < -0.4 is 15.6 Å². The molecule has 212 valence electrons. The lowest BCUT2D eigenvalue weighted by molar-refractivity contribution is -0.181. The van der Waals surface area contributed by atoms with Gasteiger partial charge in [-0.05, 0) is 31.5 Å². The van der Waals surface area contributed by atoms with Crippen LogP contribution in [0.4, 0.5) is 33.3 Å². The van der Waals surface area contributed by atoms with Crippen LogP contribution >= 0.6 is 11.6 Å². The predicted octanol–water partition coefficient (Wildman–Crippen LogP) is 3.55. The number of nitrogens with one attached hydrogen (secondary N) is 2. The average Bonchev–Trinajstić information content (AvgIpc) is 3.26. The van der Waals surface area contributed by atoms with Gasteiger partial charge in [0, 0.05) is 31.9 Å². The van der Waals surface area contributed by atoms with Crippen molar-refractivity contribution >= 4 is 40.4 Å². The molecule has 40 heavy (non-hydrogen) atoms. The maximum Gasteiger partial charge on any atom is 0.401 e. The highest BCUT2D eigenvalue weighted by Gasteiger charge is 2.82. The molecule has 6 rings (SSSR count). The number of anilines is 2. The van der Waals surface area contributed by atoms with E-state index in [-0.39, 0.29) is 34.3 Å². The number of alkyl halides is 5. The fraction of sp³-hybridized carbons (Fsp3) is 0.440. The summed E-state index contributed by atoms with van der Waals surface area (Å²) in [6.45, 7) is 1.83. The van der Waals surface area contributed by atoms with Crippen molar-refractivity contribution in [3.8, 4) is 0 Å². The van der Waals surface area contributed by atoms with Crippen molar-refractivity contribution in [2.24, 2.45) is 5.41 Å². The average molecular weight is 584 g/mol. The molecule has 0 spiro atoms. The van der Waals surface area contributed by atoms with Gasteiger partial charge in [-0.3, -0.25) is 15.0 Å². The highest BCUT2D eigenvalue weighted by molar-refractivity contribution is 6.29. The van der Waals surface area contributed by atoms with Crippen molar-refractivity contribution in [2.75, 3.05) is 25.0 Å². The van der Waals surface area contributed by atoms with E-state index in [2.05, 4.69) is 20.8 Å². The first kappa shape index (κ1) is 26.7. The zero-order valence-electron chi connectivity index (χ0n) is 21.4. The summed E-state index contributed by atoms with van der Waals surface area (Å²) >= 11 is 5.95. The summed E-state index contributed by atoms with van der Waals surface area (Å²) in [6, 6.07) is 6.03. The van der Waals surface area contributed by atoms with Gasteiger partial charge in [-0.1, -0.05) is 23.7 Å². The van der Waals surface area contributed by atoms with Crippen LogP contribution in [0.5, 0.6) is 0 Å². The van der Waals surface area contributed by atoms with E-state index in [0.29, 0.717) is 5.69 Å². The molecule has 1 aromatic carbocycles. The summed E-state index contributed by atoms with van der Waals surface area (Å²) in [5.74, 6) is -6.33. The van der Waals surface area contributed by atoms with Crippen molar-refractivity contribution in [1.29, 1.82) is 0 Å². The third kappa shape index (κ3) is 3.54. The minimum Gasteiger partial charge on any atom is -0.342 e. The summed E-state index contributed by atoms with van der Waals surface area (Å²) < 4.78 is 74.4. The van der Waals surface area contributed by atoms with Crippen LogP contribution in [0, 0.1) is 5.41 Å². The van der Waals surface area contributed by atoms with E-state index in [9.17, 15) is 22.8 Å². The van der Waals surface area contributed by atoms with Crippen molar-refractivity contribution in [3.63, 3.8) is 0 Å². The van der Waals surface area contributed by atoms with Crippen LogP contribution in [0.15, 0.2) is 36.5 Å². The number of hydrogen-bond acceptors (Lipinski definition) is 6. The maximum absolute atomic E-state index is 15.1. The molecule has 2 fully saturated rings. The molecule has 1 aliphatic carbocycles. The molecule has 2 N–H and O–H groups in total. The zero-order valence-corrected chi connectivity index (χ0v) is 22.1. The van der Waals surface area contributed by atoms with Crippen LogP contribution in [-0.2, 0) is 15.0 Å². The van der Waals surface area contributed by atoms with E-state index in [1.54, 1.807) is 7.05 Å². The van der Waals surface area contributed by atoms with Crippen molar-refractivity contribution in [3.05, 3.63) is 52.9 Å². The zero-order chi connectivity index (χ0) is 29.0. The summed E-state index contributed by atoms with van der Waals surface area (Å²) in [6.07, 6.45) is -3.35. The molecule has 4 heterocycles. The molecule has 2 aromatic heterocycles. The third-order valence-electron chi connectivity index (χ3n) is 8.29. The SMILES string of the molecule is CN1CC(NC(=O)[C@]2(C)[C@@H](c3ccc(N4C[C@@](C)(C(F)(F)F)c5c4cnc4cc(Cl)nn54)cc3)C2(F)F)C(=O)N1. The Hall–Kier alpha value is -3.52. The van der Waals surface area contributed by atoms with E-state index in [0.717, 1.165) is 18.4 Å². The highest BCUT2D eigenvalue weighted by Crippen LogP contribution is 2.71. The van der Waals surface area contributed by atoms with E-state index < -0.39 is 53.2 Å². The number of nitrogens with zero attached hydrogens (tertiary/aromatic N) is 5. The molecule has 9 nitrogen and oxygen atoms in total. The molecule has 3 aliphatic rings. The summed E-state index contributed by atoms with van der Waals surface area (Å²) in [4.78, 5) is 30.5. The molecule has 1 saturated carbocycles. The van der Waals surface area contributed by atoms with Gasteiger partial charge in [-0.25, -0.2) is 23.3 Å². The van der Waals surface area contributed by atoms with Gasteiger partial charge in [-0.15, -0.1) is 0 Å². The third-order valence-corrected chi connectivity index (χ3v) is 8.47. The number of rotatable bonds is 4. The first-order valence-electron chi connectivity index (χ1n) is 12.3. The number of hydrogen-bond donors (Lipinski definition) is 2. The van der Waals surface area contributed by atoms with Gasteiger partial charge in [-0.2, -0.15) is 18.3 Å². The normalized spacial score (nSPS) is 29.5. The summed E-state index contributed by atoms with van der Waals surface area (Å²) in [5, 5.41) is 7.85. The monoisotopic (exact) mass is 583 g/mol. The lowest BCUT2D eigenvalue weighted by Crippen LogP contribution is -2.45. The molecular weight excluding hydrogens is 561 g/mol. The molecule has 0 radical (unpaired) electrons. The van der Waals surface area contributed by atoms with Gasteiger partial charge >= 0.3 is 6.18 Å². The van der Waals surface area contributed by atoms with Gasteiger partial charge in [0.1, 0.15) is 16.9 Å². The fourth-order valence-corrected chi connectivity index (χ4v) is 6.00. The van der Waals surface area contributed by atoms with E-state index >= 15 is 8.78 Å². The number of carbonyl (C=O) groups is 2.